The Morgan fingerprint density at radius 1 is 1.25 bits per heavy atom. The molecule has 1 N–H and O–H groups in total. The van der Waals surface area contributed by atoms with Gasteiger partial charge in [-0.25, -0.2) is 9.97 Å². The molecule has 0 aliphatic rings. The molecule has 2 aromatic rings. The molecule has 0 amide bonds. The van der Waals surface area contributed by atoms with E-state index in [0.29, 0.717) is 5.15 Å². The van der Waals surface area contributed by atoms with Crippen LogP contribution in [0.4, 0.5) is 5.82 Å². The van der Waals surface area contributed by atoms with Crippen molar-refractivity contribution in [1.82, 2.24) is 9.97 Å². The third-order valence-electron chi connectivity index (χ3n) is 2.91. The van der Waals surface area contributed by atoms with Gasteiger partial charge in [-0.15, -0.1) is 11.3 Å². The van der Waals surface area contributed by atoms with Crippen LogP contribution in [0.3, 0.4) is 0 Å². The summed E-state index contributed by atoms with van der Waals surface area (Å²) in [7, 11) is 0. The van der Waals surface area contributed by atoms with Crippen LogP contribution >= 0.6 is 34.5 Å². The molecule has 3 nitrogen and oxygen atoms in total. The van der Waals surface area contributed by atoms with Crippen LogP contribution in [0.25, 0.3) is 0 Å². The van der Waals surface area contributed by atoms with Crippen molar-refractivity contribution in [1.29, 1.82) is 0 Å². The smallest absolute Gasteiger partial charge is 0.137 e. The molecule has 0 saturated heterocycles. The summed E-state index contributed by atoms with van der Waals surface area (Å²) >= 11 is 13.7. The van der Waals surface area contributed by atoms with E-state index in [1.54, 1.807) is 11.3 Å². The Hall–Kier alpha value is -0.840. The Morgan fingerprint density at radius 2 is 2.00 bits per heavy atom. The van der Waals surface area contributed by atoms with Crippen LogP contribution < -0.4 is 5.32 Å². The standard InChI is InChI=1S/C14H17Cl2N3S/c1-8(2)13-18-12(16)9(3)14(19-13)17-7-6-10-4-5-11(15)20-10/h4-5,8H,6-7H2,1-3H3,(H,17,18,19). The number of rotatable bonds is 5. The molecule has 0 unspecified atom stereocenters. The fourth-order valence-electron chi connectivity index (χ4n) is 1.73. The van der Waals surface area contributed by atoms with Crippen molar-refractivity contribution in [3.05, 3.63) is 37.9 Å². The number of hydrogen-bond acceptors (Lipinski definition) is 4. The van der Waals surface area contributed by atoms with Gasteiger partial charge in [0.25, 0.3) is 0 Å². The molecule has 2 aromatic heterocycles. The Bertz CT molecular complexity index is 596. The topological polar surface area (TPSA) is 37.8 Å². The molecule has 0 spiro atoms. The second-order valence-corrected chi connectivity index (χ2v) is 7.04. The van der Waals surface area contributed by atoms with Gasteiger partial charge >= 0.3 is 0 Å². The lowest BCUT2D eigenvalue weighted by molar-refractivity contribution is 0.771. The second kappa shape index (κ2) is 6.74. The van der Waals surface area contributed by atoms with Gasteiger partial charge in [-0.1, -0.05) is 37.0 Å². The zero-order chi connectivity index (χ0) is 14.7. The maximum absolute atomic E-state index is 6.16. The molecular weight excluding hydrogens is 313 g/mol. The molecule has 0 radical (unpaired) electrons. The van der Waals surface area contributed by atoms with Crippen molar-refractivity contribution in [2.45, 2.75) is 33.1 Å². The maximum Gasteiger partial charge on any atom is 0.137 e. The average molecular weight is 330 g/mol. The van der Waals surface area contributed by atoms with Crippen LogP contribution in [-0.2, 0) is 6.42 Å². The van der Waals surface area contributed by atoms with Gasteiger partial charge in [0.15, 0.2) is 0 Å². The molecule has 108 valence electrons. The number of aromatic nitrogens is 2. The normalized spacial score (nSPS) is 11.1. The van der Waals surface area contributed by atoms with E-state index >= 15 is 0 Å². The summed E-state index contributed by atoms with van der Waals surface area (Å²) in [4.78, 5) is 10.1. The van der Waals surface area contributed by atoms with Crippen LogP contribution in [0.15, 0.2) is 12.1 Å². The number of thiophene rings is 1. The first kappa shape index (κ1) is 15.5. The van der Waals surface area contributed by atoms with Crippen molar-refractivity contribution < 1.29 is 0 Å². The molecule has 0 saturated carbocycles. The summed E-state index contributed by atoms with van der Waals surface area (Å²) in [5.74, 6) is 1.84. The second-order valence-electron chi connectivity index (χ2n) is 4.88. The Balaban J connectivity index is 2.05. The predicted octanol–water partition coefficient (Wildman–Crippen LogP) is 4.93. The number of anilines is 1. The van der Waals surface area contributed by atoms with Crippen molar-refractivity contribution in [2.75, 3.05) is 11.9 Å². The van der Waals surface area contributed by atoms with Crippen LogP contribution in [0.5, 0.6) is 0 Å². The average Bonchev–Trinajstić information content (AvgIpc) is 2.80. The number of nitrogens with one attached hydrogen (secondary N) is 1. The summed E-state index contributed by atoms with van der Waals surface area (Å²) in [6.07, 6.45) is 0.912. The monoisotopic (exact) mass is 329 g/mol. The van der Waals surface area contributed by atoms with Crippen molar-refractivity contribution >= 4 is 40.4 Å². The first-order valence-electron chi connectivity index (χ1n) is 6.49. The quantitative estimate of drug-likeness (QED) is 0.790. The van der Waals surface area contributed by atoms with Crippen LogP contribution in [-0.4, -0.2) is 16.5 Å². The zero-order valence-electron chi connectivity index (χ0n) is 11.7. The van der Waals surface area contributed by atoms with E-state index in [2.05, 4.69) is 29.1 Å². The molecule has 6 heteroatoms. The molecule has 0 aliphatic carbocycles. The van der Waals surface area contributed by atoms with E-state index in [1.165, 1.54) is 4.88 Å². The molecule has 0 atom stereocenters. The molecule has 0 aromatic carbocycles. The van der Waals surface area contributed by atoms with E-state index in [9.17, 15) is 0 Å². The molecule has 0 fully saturated rings. The van der Waals surface area contributed by atoms with Gasteiger partial charge in [-0.05, 0) is 25.5 Å². The molecule has 2 rings (SSSR count). The molecule has 0 aliphatic heterocycles. The zero-order valence-corrected chi connectivity index (χ0v) is 14.0. The van der Waals surface area contributed by atoms with Gasteiger partial charge in [0, 0.05) is 22.9 Å². The van der Waals surface area contributed by atoms with Gasteiger partial charge in [-0.2, -0.15) is 0 Å². The summed E-state index contributed by atoms with van der Waals surface area (Å²) in [5.41, 5.74) is 0.889. The van der Waals surface area contributed by atoms with E-state index in [4.69, 9.17) is 23.2 Å². The van der Waals surface area contributed by atoms with Crippen molar-refractivity contribution in [3.8, 4) is 0 Å². The van der Waals surface area contributed by atoms with Crippen LogP contribution in [0.2, 0.25) is 9.49 Å². The minimum atomic E-state index is 0.254. The third-order valence-corrected chi connectivity index (χ3v) is 4.57. The minimum Gasteiger partial charge on any atom is -0.369 e. The highest BCUT2D eigenvalue weighted by molar-refractivity contribution is 7.16. The first-order chi connectivity index (χ1) is 9.47. The molecular formula is C14H17Cl2N3S. The Morgan fingerprint density at radius 3 is 2.60 bits per heavy atom. The number of halogens is 2. The fourth-order valence-corrected chi connectivity index (χ4v) is 2.99. The largest absolute Gasteiger partial charge is 0.369 e. The van der Waals surface area contributed by atoms with E-state index < -0.39 is 0 Å². The van der Waals surface area contributed by atoms with Crippen LogP contribution in [0.1, 0.15) is 36.0 Å². The SMILES string of the molecule is Cc1c(Cl)nc(C(C)C)nc1NCCc1ccc(Cl)s1. The summed E-state index contributed by atoms with van der Waals surface area (Å²) in [6.45, 7) is 6.83. The number of hydrogen-bond donors (Lipinski definition) is 1. The predicted molar refractivity (Wildman–Crippen MR) is 87.4 cm³/mol. The molecule has 2 heterocycles. The summed E-state index contributed by atoms with van der Waals surface area (Å²) < 4.78 is 0.823. The lowest BCUT2D eigenvalue weighted by Gasteiger charge is -2.12. The van der Waals surface area contributed by atoms with Crippen molar-refractivity contribution in [2.24, 2.45) is 0 Å². The lowest BCUT2D eigenvalue weighted by atomic mass is 10.2. The van der Waals surface area contributed by atoms with E-state index in [0.717, 1.165) is 34.5 Å². The van der Waals surface area contributed by atoms with Gasteiger partial charge < -0.3 is 5.32 Å². The summed E-state index contributed by atoms with van der Waals surface area (Å²) in [5, 5.41) is 3.85. The van der Waals surface area contributed by atoms with E-state index in [-0.39, 0.29) is 5.92 Å². The maximum atomic E-state index is 6.16. The lowest BCUT2D eigenvalue weighted by Crippen LogP contribution is -2.10. The number of nitrogens with zero attached hydrogens (tertiary/aromatic N) is 2. The Labute approximate surface area is 133 Å². The van der Waals surface area contributed by atoms with Gasteiger partial charge in [0.2, 0.25) is 0 Å². The van der Waals surface area contributed by atoms with E-state index in [1.807, 2.05) is 19.1 Å². The highest BCUT2D eigenvalue weighted by atomic mass is 35.5. The molecule has 20 heavy (non-hydrogen) atoms. The first-order valence-corrected chi connectivity index (χ1v) is 8.06. The van der Waals surface area contributed by atoms with Gasteiger partial charge in [-0.3, -0.25) is 0 Å². The highest BCUT2D eigenvalue weighted by Gasteiger charge is 2.11. The fraction of sp³-hybridized carbons (Fsp3) is 0.429. The van der Waals surface area contributed by atoms with Crippen LogP contribution in [0, 0.1) is 6.92 Å². The summed E-state index contributed by atoms with van der Waals surface area (Å²) in [6, 6.07) is 3.97. The van der Waals surface area contributed by atoms with Gasteiger partial charge in [0.1, 0.15) is 16.8 Å². The Kier molecular flexibility index (Phi) is 5.24. The minimum absolute atomic E-state index is 0.254. The van der Waals surface area contributed by atoms with Gasteiger partial charge in [0.05, 0.1) is 4.34 Å². The third kappa shape index (κ3) is 3.84. The van der Waals surface area contributed by atoms with Crippen molar-refractivity contribution in [3.63, 3.8) is 0 Å². The molecule has 0 bridgehead atoms. The highest BCUT2D eigenvalue weighted by Crippen LogP contribution is 2.24.